The molecule has 1 rings (SSSR count). The highest BCUT2D eigenvalue weighted by atomic mass is 16.2. The van der Waals surface area contributed by atoms with Gasteiger partial charge in [-0.3, -0.25) is 4.79 Å². The van der Waals surface area contributed by atoms with Gasteiger partial charge in [0.15, 0.2) is 0 Å². The summed E-state index contributed by atoms with van der Waals surface area (Å²) >= 11 is 0. The summed E-state index contributed by atoms with van der Waals surface area (Å²) in [5.41, 5.74) is 5.32. The Morgan fingerprint density at radius 2 is 2.36 bits per heavy atom. The lowest BCUT2D eigenvalue weighted by Gasteiger charge is -2.18. The normalized spacial score (nSPS) is 11.4. The minimum Gasteiger partial charge on any atom is -0.353 e. The molecule has 3 N–H and O–H groups in total. The standard InChI is InChI=1S/C8H15N5O/c1-8(2,9)4-11-7(14)3-13-6-10-5-12-13/h5-6H,3-4,9H2,1-2H3,(H,11,14). The van der Waals surface area contributed by atoms with E-state index in [1.54, 1.807) is 0 Å². The van der Waals surface area contributed by atoms with E-state index in [9.17, 15) is 4.79 Å². The molecule has 0 saturated heterocycles. The molecule has 14 heavy (non-hydrogen) atoms. The zero-order valence-electron chi connectivity index (χ0n) is 8.40. The number of nitrogens with zero attached hydrogens (tertiary/aromatic N) is 3. The molecule has 0 unspecified atom stereocenters. The highest BCUT2D eigenvalue weighted by molar-refractivity contribution is 5.75. The fraction of sp³-hybridized carbons (Fsp3) is 0.625. The Morgan fingerprint density at radius 3 is 2.86 bits per heavy atom. The average molecular weight is 197 g/mol. The minimum atomic E-state index is -0.391. The molecule has 0 saturated carbocycles. The molecule has 0 aliphatic rings. The molecule has 0 fully saturated rings. The second-order valence-corrected chi connectivity index (χ2v) is 3.86. The highest BCUT2D eigenvalue weighted by Gasteiger charge is 2.12. The van der Waals surface area contributed by atoms with E-state index in [-0.39, 0.29) is 12.5 Å². The molecule has 0 spiro atoms. The fourth-order valence-corrected chi connectivity index (χ4v) is 0.844. The van der Waals surface area contributed by atoms with E-state index in [4.69, 9.17) is 5.73 Å². The van der Waals surface area contributed by atoms with Crippen LogP contribution in [0, 0.1) is 0 Å². The van der Waals surface area contributed by atoms with Crippen molar-refractivity contribution in [1.82, 2.24) is 20.1 Å². The molecule has 0 atom stereocenters. The first-order valence-electron chi connectivity index (χ1n) is 4.35. The van der Waals surface area contributed by atoms with E-state index in [0.717, 1.165) is 0 Å². The summed E-state index contributed by atoms with van der Waals surface area (Å²) in [6, 6.07) is 0. The lowest BCUT2D eigenvalue weighted by molar-refractivity contribution is -0.122. The molecule has 78 valence electrons. The third-order valence-electron chi connectivity index (χ3n) is 1.51. The Bertz CT molecular complexity index is 287. The van der Waals surface area contributed by atoms with E-state index < -0.39 is 5.54 Å². The Balaban J connectivity index is 2.30. The van der Waals surface area contributed by atoms with Crippen LogP contribution in [0.2, 0.25) is 0 Å². The van der Waals surface area contributed by atoms with Crippen molar-refractivity contribution in [3.8, 4) is 0 Å². The number of nitrogens with one attached hydrogen (secondary N) is 1. The molecular formula is C8H15N5O. The Kier molecular flexibility index (Phi) is 3.19. The summed E-state index contributed by atoms with van der Waals surface area (Å²) in [4.78, 5) is 15.0. The fourth-order valence-electron chi connectivity index (χ4n) is 0.844. The van der Waals surface area contributed by atoms with Crippen LogP contribution in [0.15, 0.2) is 12.7 Å². The van der Waals surface area contributed by atoms with E-state index in [0.29, 0.717) is 6.54 Å². The van der Waals surface area contributed by atoms with Gasteiger partial charge in [0.05, 0.1) is 0 Å². The third kappa shape index (κ3) is 3.99. The van der Waals surface area contributed by atoms with Crippen LogP contribution >= 0.6 is 0 Å². The quantitative estimate of drug-likeness (QED) is 0.657. The van der Waals surface area contributed by atoms with Gasteiger partial charge in [-0.1, -0.05) is 0 Å². The molecular weight excluding hydrogens is 182 g/mol. The first-order valence-corrected chi connectivity index (χ1v) is 4.35. The van der Waals surface area contributed by atoms with Crippen molar-refractivity contribution in [2.24, 2.45) is 5.73 Å². The third-order valence-corrected chi connectivity index (χ3v) is 1.51. The highest BCUT2D eigenvalue weighted by Crippen LogP contribution is 1.92. The van der Waals surface area contributed by atoms with Gasteiger partial charge in [-0.05, 0) is 13.8 Å². The van der Waals surface area contributed by atoms with E-state index >= 15 is 0 Å². The number of amides is 1. The topological polar surface area (TPSA) is 85.8 Å². The molecule has 1 amide bonds. The van der Waals surface area contributed by atoms with Crippen molar-refractivity contribution in [2.75, 3.05) is 6.54 Å². The van der Waals surface area contributed by atoms with E-state index in [2.05, 4.69) is 15.4 Å². The van der Waals surface area contributed by atoms with Crippen LogP contribution in [0.4, 0.5) is 0 Å². The van der Waals surface area contributed by atoms with Crippen LogP contribution in [0.1, 0.15) is 13.8 Å². The van der Waals surface area contributed by atoms with Gasteiger partial charge in [-0.15, -0.1) is 0 Å². The summed E-state index contributed by atoms with van der Waals surface area (Å²) in [6.07, 6.45) is 2.88. The van der Waals surface area contributed by atoms with Gasteiger partial charge in [-0.25, -0.2) is 9.67 Å². The first kappa shape index (κ1) is 10.6. The Morgan fingerprint density at radius 1 is 1.64 bits per heavy atom. The zero-order chi connectivity index (χ0) is 10.6. The molecule has 6 heteroatoms. The number of carbonyl (C=O) groups is 1. The molecule has 1 aromatic rings. The molecule has 0 aliphatic carbocycles. The number of hydrogen-bond donors (Lipinski definition) is 2. The van der Waals surface area contributed by atoms with Crippen LogP contribution in [0.5, 0.6) is 0 Å². The Labute approximate surface area is 82.5 Å². The largest absolute Gasteiger partial charge is 0.353 e. The number of carbonyl (C=O) groups excluding carboxylic acids is 1. The maximum absolute atomic E-state index is 11.3. The van der Waals surface area contributed by atoms with Crippen molar-refractivity contribution in [1.29, 1.82) is 0 Å². The monoisotopic (exact) mass is 197 g/mol. The van der Waals surface area contributed by atoms with E-state index in [1.807, 2.05) is 13.8 Å². The second-order valence-electron chi connectivity index (χ2n) is 3.86. The maximum atomic E-state index is 11.3. The van der Waals surface area contributed by atoms with Crippen molar-refractivity contribution in [3.63, 3.8) is 0 Å². The predicted octanol–water partition coefficient (Wildman–Crippen LogP) is -0.868. The second kappa shape index (κ2) is 4.19. The summed E-state index contributed by atoms with van der Waals surface area (Å²) in [6.45, 7) is 4.32. The minimum absolute atomic E-state index is 0.117. The molecule has 0 aromatic carbocycles. The van der Waals surface area contributed by atoms with Crippen molar-refractivity contribution in [3.05, 3.63) is 12.7 Å². The summed E-state index contributed by atoms with van der Waals surface area (Å²) in [5.74, 6) is -0.117. The van der Waals surface area contributed by atoms with Gasteiger partial charge in [0, 0.05) is 12.1 Å². The Hall–Kier alpha value is -1.43. The summed E-state index contributed by atoms with van der Waals surface area (Å²) in [5, 5.41) is 6.52. The van der Waals surface area contributed by atoms with Gasteiger partial charge < -0.3 is 11.1 Å². The SMILES string of the molecule is CC(C)(N)CNC(=O)Cn1cncn1. The smallest absolute Gasteiger partial charge is 0.241 e. The number of rotatable bonds is 4. The number of hydrogen-bond acceptors (Lipinski definition) is 4. The van der Waals surface area contributed by atoms with Crippen LogP contribution < -0.4 is 11.1 Å². The predicted molar refractivity (Wildman–Crippen MR) is 51.3 cm³/mol. The van der Waals surface area contributed by atoms with Crippen LogP contribution in [0.25, 0.3) is 0 Å². The molecule has 0 aliphatic heterocycles. The number of aromatic nitrogens is 3. The van der Waals surface area contributed by atoms with Gasteiger partial charge in [0.2, 0.25) is 5.91 Å². The van der Waals surface area contributed by atoms with Crippen molar-refractivity contribution in [2.45, 2.75) is 25.9 Å². The molecule has 0 radical (unpaired) electrons. The molecule has 0 bridgehead atoms. The number of nitrogens with two attached hydrogens (primary N) is 1. The van der Waals surface area contributed by atoms with Gasteiger partial charge in [0.1, 0.15) is 19.2 Å². The molecule has 6 nitrogen and oxygen atoms in total. The summed E-state index contributed by atoms with van der Waals surface area (Å²) in [7, 11) is 0. The van der Waals surface area contributed by atoms with Gasteiger partial charge >= 0.3 is 0 Å². The van der Waals surface area contributed by atoms with Crippen LogP contribution in [0.3, 0.4) is 0 Å². The first-order chi connectivity index (χ1) is 6.47. The van der Waals surface area contributed by atoms with Crippen molar-refractivity contribution >= 4 is 5.91 Å². The van der Waals surface area contributed by atoms with Crippen LogP contribution in [-0.2, 0) is 11.3 Å². The summed E-state index contributed by atoms with van der Waals surface area (Å²) < 4.78 is 1.46. The van der Waals surface area contributed by atoms with Crippen molar-refractivity contribution < 1.29 is 4.79 Å². The molecule has 1 heterocycles. The van der Waals surface area contributed by atoms with Crippen LogP contribution in [-0.4, -0.2) is 32.8 Å². The maximum Gasteiger partial charge on any atom is 0.241 e. The zero-order valence-corrected chi connectivity index (χ0v) is 8.40. The lowest BCUT2D eigenvalue weighted by atomic mass is 10.1. The lowest BCUT2D eigenvalue weighted by Crippen LogP contribution is -2.45. The molecule has 1 aromatic heterocycles. The average Bonchev–Trinajstić information content (AvgIpc) is 2.52. The van der Waals surface area contributed by atoms with Gasteiger partial charge in [0.25, 0.3) is 0 Å². The van der Waals surface area contributed by atoms with E-state index in [1.165, 1.54) is 17.3 Å². The van der Waals surface area contributed by atoms with Gasteiger partial charge in [-0.2, -0.15) is 5.10 Å².